The standard InChI is InChI=1S/C26H24FN11O3/c1-13-7-21(38-26(31-13)32-14(2)34-38)33-25(41)20-9-17(27)11-36(20)22(39)12-37-19-4-3-15(16-5-6-29-30-10-16)8-18(19)23(35-37)24(28)40/h3-8,10,17,20H,9,11-12H2,1-2H3,(H2,28,40)(H,33,41). The summed E-state index contributed by atoms with van der Waals surface area (Å²) in [4.78, 5) is 48.7. The number of hydrogen-bond donors (Lipinski definition) is 2. The Labute approximate surface area is 231 Å². The number of hydrogen-bond acceptors (Lipinski definition) is 9. The highest BCUT2D eigenvalue weighted by molar-refractivity contribution is 6.05. The van der Waals surface area contributed by atoms with Gasteiger partial charge in [0.1, 0.15) is 30.4 Å². The van der Waals surface area contributed by atoms with E-state index in [4.69, 9.17) is 5.73 Å². The Kier molecular flexibility index (Phi) is 6.32. The number of alkyl halides is 1. The normalized spacial score (nSPS) is 16.9. The molecule has 1 saturated heterocycles. The van der Waals surface area contributed by atoms with Crippen molar-refractivity contribution in [3.63, 3.8) is 0 Å². The second kappa shape index (κ2) is 10.0. The smallest absolute Gasteiger partial charge is 0.269 e. The molecular weight excluding hydrogens is 533 g/mol. The fraction of sp³-hybridized carbons (Fsp3) is 0.269. The predicted molar refractivity (Wildman–Crippen MR) is 143 cm³/mol. The van der Waals surface area contributed by atoms with Gasteiger partial charge in [0.15, 0.2) is 5.69 Å². The van der Waals surface area contributed by atoms with Crippen molar-refractivity contribution >= 4 is 40.2 Å². The molecular formula is C26H24FN11O3. The lowest BCUT2D eigenvalue weighted by atomic mass is 10.0. The number of benzene rings is 1. The van der Waals surface area contributed by atoms with Crippen molar-refractivity contribution in [3.8, 4) is 11.1 Å². The number of carbonyl (C=O) groups excluding carboxylic acids is 3. The summed E-state index contributed by atoms with van der Waals surface area (Å²) in [7, 11) is 0. The largest absolute Gasteiger partial charge is 0.364 e. The molecule has 4 aromatic heterocycles. The lowest BCUT2D eigenvalue weighted by Gasteiger charge is -2.23. The average Bonchev–Trinajstić information content (AvgIpc) is 3.63. The Morgan fingerprint density at radius 2 is 1.90 bits per heavy atom. The number of primary amides is 1. The maximum Gasteiger partial charge on any atom is 0.269 e. The van der Waals surface area contributed by atoms with Crippen molar-refractivity contribution in [2.75, 3.05) is 11.9 Å². The first-order valence-corrected chi connectivity index (χ1v) is 12.7. The van der Waals surface area contributed by atoms with Crippen molar-refractivity contribution in [3.05, 3.63) is 59.9 Å². The van der Waals surface area contributed by atoms with E-state index >= 15 is 0 Å². The van der Waals surface area contributed by atoms with Gasteiger partial charge in [0.2, 0.25) is 11.8 Å². The number of amides is 3. The van der Waals surface area contributed by atoms with Crippen molar-refractivity contribution in [1.29, 1.82) is 0 Å². The van der Waals surface area contributed by atoms with Gasteiger partial charge in [-0.15, -0.1) is 5.10 Å². The molecule has 1 fully saturated rings. The SMILES string of the molecule is Cc1cc(NC(=O)C2CC(F)CN2C(=O)Cn2nc(C(N)=O)c3cc(-c4ccnnc4)ccc32)n2nc(C)nc2n1. The fourth-order valence-electron chi connectivity index (χ4n) is 5.04. The van der Waals surface area contributed by atoms with E-state index < -0.39 is 29.9 Å². The van der Waals surface area contributed by atoms with Crippen LogP contribution >= 0.6 is 0 Å². The highest BCUT2D eigenvalue weighted by Crippen LogP contribution is 2.27. The zero-order valence-corrected chi connectivity index (χ0v) is 22.0. The predicted octanol–water partition coefficient (Wildman–Crippen LogP) is 1.22. The quantitative estimate of drug-likeness (QED) is 0.310. The molecule has 2 unspecified atom stereocenters. The van der Waals surface area contributed by atoms with Crippen molar-refractivity contribution in [2.24, 2.45) is 5.73 Å². The van der Waals surface area contributed by atoms with E-state index in [9.17, 15) is 18.8 Å². The topological polar surface area (TPSA) is 179 Å². The first-order chi connectivity index (χ1) is 19.7. The van der Waals surface area contributed by atoms with Crippen molar-refractivity contribution < 1.29 is 18.8 Å². The maximum absolute atomic E-state index is 14.6. The molecule has 5 aromatic rings. The molecule has 5 heterocycles. The Bertz CT molecular complexity index is 1840. The lowest BCUT2D eigenvalue weighted by molar-refractivity contribution is -0.137. The fourth-order valence-corrected chi connectivity index (χ4v) is 5.04. The molecule has 14 nitrogen and oxygen atoms in total. The average molecular weight is 558 g/mol. The summed E-state index contributed by atoms with van der Waals surface area (Å²) in [5, 5.41) is 19.4. The number of nitrogens with one attached hydrogen (secondary N) is 1. The zero-order chi connectivity index (χ0) is 28.8. The summed E-state index contributed by atoms with van der Waals surface area (Å²) in [6, 6.07) is 7.54. The van der Waals surface area contributed by atoms with E-state index in [1.165, 1.54) is 14.1 Å². The van der Waals surface area contributed by atoms with Gasteiger partial charge < -0.3 is 16.0 Å². The molecule has 3 amide bonds. The number of aryl methyl sites for hydroxylation is 2. The van der Waals surface area contributed by atoms with Gasteiger partial charge in [-0.1, -0.05) is 6.07 Å². The van der Waals surface area contributed by atoms with E-state index in [0.29, 0.717) is 34.0 Å². The van der Waals surface area contributed by atoms with E-state index in [-0.39, 0.29) is 25.2 Å². The first kappa shape index (κ1) is 25.9. The van der Waals surface area contributed by atoms with Gasteiger partial charge in [-0.25, -0.2) is 9.37 Å². The number of rotatable bonds is 6. The van der Waals surface area contributed by atoms with Crippen LogP contribution in [0.15, 0.2) is 42.7 Å². The van der Waals surface area contributed by atoms with Crippen LogP contribution in [-0.2, 0) is 16.1 Å². The molecule has 0 aliphatic carbocycles. The van der Waals surface area contributed by atoms with Crippen LogP contribution in [0.25, 0.3) is 27.8 Å². The minimum Gasteiger partial charge on any atom is -0.364 e. The van der Waals surface area contributed by atoms with Gasteiger partial charge >= 0.3 is 0 Å². The van der Waals surface area contributed by atoms with Crippen LogP contribution in [0, 0.1) is 13.8 Å². The summed E-state index contributed by atoms with van der Waals surface area (Å²) < 4.78 is 17.3. The third-order valence-corrected chi connectivity index (χ3v) is 6.86. The zero-order valence-electron chi connectivity index (χ0n) is 22.0. The van der Waals surface area contributed by atoms with Crippen LogP contribution in [0.4, 0.5) is 10.2 Å². The summed E-state index contributed by atoms with van der Waals surface area (Å²) in [5.74, 6) is -0.808. The highest BCUT2D eigenvalue weighted by atomic mass is 19.1. The Morgan fingerprint density at radius 3 is 2.66 bits per heavy atom. The van der Waals surface area contributed by atoms with Crippen LogP contribution < -0.4 is 11.1 Å². The minimum absolute atomic E-state index is 0.0176. The van der Waals surface area contributed by atoms with Gasteiger partial charge in [0.25, 0.3) is 11.7 Å². The van der Waals surface area contributed by atoms with Gasteiger partial charge in [-0.2, -0.15) is 24.8 Å². The van der Waals surface area contributed by atoms with Crippen LogP contribution in [0.5, 0.6) is 0 Å². The van der Waals surface area contributed by atoms with E-state index in [1.807, 2.05) is 0 Å². The lowest BCUT2D eigenvalue weighted by Crippen LogP contribution is -2.44. The molecule has 15 heteroatoms. The molecule has 2 atom stereocenters. The minimum atomic E-state index is -1.39. The maximum atomic E-state index is 14.6. The van der Waals surface area contributed by atoms with Crippen LogP contribution in [0.3, 0.4) is 0 Å². The number of aromatic nitrogens is 8. The van der Waals surface area contributed by atoms with E-state index in [2.05, 4.69) is 35.7 Å². The van der Waals surface area contributed by atoms with Crippen LogP contribution in [0.2, 0.25) is 0 Å². The van der Waals surface area contributed by atoms with E-state index in [0.717, 1.165) is 11.1 Å². The summed E-state index contributed by atoms with van der Waals surface area (Å²) in [6.07, 6.45) is 1.56. The third-order valence-electron chi connectivity index (χ3n) is 6.86. The Morgan fingerprint density at radius 1 is 1.07 bits per heavy atom. The number of fused-ring (bicyclic) bond motifs is 2. The number of likely N-dealkylation sites (tertiary alicyclic amines) is 1. The van der Waals surface area contributed by atoms with E-state index in [1.54, 1.807) is 56.6 Å². The Balaban J connectivity index is 1.27. The first-order valence-electron chi connectivity index (χ1n) is 12.7. The number of carbonyl (C=O) groups is 3. The van der Waals surface area contributed by atoms with Crippen molar-refractivity contribution in [1.82, 2.24) is 44.5 Å². The molecule has 0 bridgehead atoms. The molecule has 1 aliphatic rings. The van der Waals surface area contributed by atoms with Gasteiger partial charge in [0, 0.05) is 29.1 Å². The van der Waals surface area contributed by atoms with Crippen molar-refractivity contribution in [2.45, 2.75) is 39.0 Å². The second-order valence-electron chi connectivity index (χ2n) is 9.77. The molecule has 0 spiro atoms. The summed E-state index contributed by atoms with van der Waals surface area (Å²) in [5.41, 5.74) is 8.17. The summed E-state index contributed by atoms with van der Waals surface area (Å²) in [6.45, 7) is 2.84. The van der Waals surface area contributed by atoms with Gasteiger partial charge in [-0.05, 0) is 37.6 Å². The molecule has 0 saturated carbocycles. The molecule has 208 valence electrons. The molecule has 3 N–H and O–H groups in total. The van der Waals surface area contributed by atoms with Crippen LogP contribution in [0.1, 0.15) is 28.4 Å². The molecule has 0 radical (unpaired) electrons. The molecule has 6 rings (SSSR count). The number of nitrogens with two attached hydrogens (primary N) is 1. The number of halogens is 1. The van der Waals surface area contributed by atoms with Gasteiger partial charge in [0.05, 0.1) is 24.5 Å². The van der Waals surface area contributed by atoms with Gasteiger partial charge in [-0.3, -0.25) is 19.1 Å². The molecule has 1 aromatic carbocycles. The number of anilines is 1. The number of nitrogens with zero attached hydrogens (tertiary/aromatic N) is 9. The Hall–Kier alpha value is -5.34. The molecule has 1 aliphatic heterocycles. The monoisotopic (exact) mass is 557 g/mol. The summed E-state index contributed by atoms with van der Waals surface area (Å²) >= 11 is 0. The third kappa shape index (κ3) is 4.81. The van der Waals surface area contributed by atoms with Crippen LogP contribution in [-0.4, -0.2) is 80.9 Å². The highest BCUT2D eigenvalue weighted by Gasteiger charge is 2.40. The molecule has 41 heavy (non-hydrogen) atoms. The second-order valence-corrected chi connectivity index (χ2v) is 9.77.